The van der Waals surface area contributed by atoms with Gasteiger partial charge in [0.25, 0.3) is 5.56 Å². The molecule has 3 rings (SSSR count). The van der Waals surface area contributed by atoms with Crippen molar-refractivity contribution in [2.45, 2.75) is 25.4 Å². The van der Waals surface area contributed by atoms with Gasteiger partial charge in [0.2, 0.25) is 5.91 Å². The average Bonchev–Trinajstić information content (AvgIpc) is 3.09. The van der Waals surface area contributed by atoms with Crippen molar-refractivity contribution in [2.24, 2.45) is 0 Å². The number of nitrogens with zero attached hydrogens (tertiary/aromatic N) is 2. The molecule has 1 aromatic carbocycles. The molecule has 1 amide bonds. The first-order chi connectivity index (χ1) is 13.0. The van der Waals surface area contributed by atoms with E-state index in [0.717, 1.165) is 17.3 Å². The predicted octanol–water partition coefficient (Wildman–Crippen LogP) is 3.63. The Kier molecular flexibility index (Phi) is 6.02. The van der Waals surface area contributed by atoms with Crippen LogP contribution in [0.25, 0.3) is 11.3 Å². The SMILES string of the molecule is CCc1c(C)nc(SCC(=O)Nc2nc(-c3ccc(F)cc3)cs2)[nH]c1=O. The third kappa shape index (κ3) is 4.81. The number of nitrogens with one attached hydrogen (secondary N) is 2. The van der Waals surface area contributed by atoms with Crippen LogP contribution in [0.3, 0.4) is 0 Å². The Morgan fingerprint density at radius 2 is 2.04 bits per heavy atom. The van der Waals surface area contributed by atoms with Gasteiger partial charge in [0.15, 0.2) is 10.3 Å². The first-order valence-electron chi connectivity index (χ1n) is 8.20. The largest absolute Gasteiger partial charge is 0.301 e. The Bertz CT molecular complexity index is 1010. The second-order valence-electron chi connectivity index (χ2n) is 5.67. The van der Waals surface area contributed by atoms with Crippen LogP contribution in [-0.4, -0.2) is 26.6 Å². The molecule has 2 aromatic heterocycles. The van der Waals surface area contributed by atoms with E-state index >= 15 is 0 Å². The number of thiazole rings is 1. The highest BCUT2D eigenvalue weighted by Crippen LogP contribution is 2.25. The number of rotatable bonds is 6. The van der Waals surface area contributed by atoms with Crippen LogP contribution >= 0.6 is 23.1 Å². The summed E-state index contributed by atoms with van der Waals surface area (Å²) in [5.41, 5.74) is 2.60. The molecular formula is C18H17FN4O2S2. The first kappa shape index (κ1) is 19.2. The van der Waals surface area contributed by atoms with Crippen LogP contribution < -0.4 is 10.9 Å². The molecule has 140 valence electrons. The van der Waals surface area contributed by atoms with Gasteiger partial charge in [-0.15, -0.1) is 11.3 Å². The van der Waals surface area contributed by atoms with Gasteiger partial charge in [0.1, 0.15) is 5.82 Å². The predicted molar refractivity (Wildman–Crippen MR) is 106 cm³/mol. The van der Waals surface area contributed by atoms with Gasteiger partial charge in [-0.2, -0.15) is 0 Å². The number of aromatic amines is 1. The summed E-state index contributed by atoms with van der Waals surface area (Å²) in [6.45, 7) is 3.68. The van der Waals surface area contributed by atoms with Crippen LogP contribution in [0.5, 0.6) is 0 Å². The van der Waals surface area contributed by atoms with Crippen molar-refractivity contribution in [3.8, 4) is 11.3 Å². The van der Waals surface area contributed by atoms with Crippen LogP contribution in [-0.2, 0) is 11.2 Å². The van der Waals surface area contributed by atoms with Crippen LogP contribution in [0.1, 0.15) is 18.2 Å². The van der Waals surface area contributed by atoms with Gasteiger partial charge in [0, 0.05) is 22.2 Å². The number of hydrogen-bond acceptors (Lipinski definition) is 6. The number of carbonyl (C=O) groups is 1. The van der Waals surface area contributed by atoms with Crippen LogP contribution in [0.2, 0.25) is 0 Å². The smallest absolute Gasteiger partial charge is 0.254 e. The van der Waals surface area contributed by atoms with Crippen molar-refractivity contribution in [1.82, 2.24) is 15.0 Å². The fourth-order valence-electron chi connectivity index (χ4n) is 2.44. The van der Waals surface area contributed by atoms with Gasteiger partial charge in [0.05, 0.1) is 11.4 Å². The molecule has 0 atom stereocenters. The van der Waals surface area contributed by atoms with Gasteiger partial charge < -0.3 is 10.3 Å². The number of anilines is 1. The molecule has 2 heterocycles. The Morgan fingerprint density at radius 1 is 1.30 bits per heavy atom. The van der Waals surface area contributed by atoms with Crippen LogP contribution in [0, 0.1) is 12.7 Å². The van der Waals surface area contributed by atoms with Crippen molar-refractivity contribution in [1.29, 1.82) is 0 Å². The lowest BCUT2D eigenvalue weighted by atomic mass is 10.2. The molecule has 0 aliphatic rings. The van der Waals surface area contributed by atoms with E-state index in [1.54, 1.807) is 24.4 Å². The summed E-state index contributed by atoms with van der Waals surface area (Å²) in [6, 6.07) is 6.00. The molecule has 0 saturated carbocycles. The molecule has 0 spiro atoms. The molecule has 0 radical (unpaired) electrons. The molecular weight excluding hydrogens is 387 g/mol. The highest BCUT2D eigenvalue weighted by atomic mass is 32.2. The summed E-state index contributed by atoms with van der Waals surface area (Å²) in [6.07, 6.45) is 0.611. The Labute approximate surface area is 163 Å². The highest BCUT2D eigenvalue weighted by molar-refractivity contribution is 7.99. The Hall–Kier alpha value is -2.52. The van der Waals surface area contributed by atoms with Crippen molar-refractivity contribution in [3.63, 3.8) is 0 Å². The van der Waals surface area contributed by atoms with E-state index < -0.39 is 0 Å². The van der Waals surface area contributed by atoms with E-state index in [1.165, 1.54) is 23.5 Å². The van der Waals surface area contributed by atoms with Gasteiger partial charge >= 0.3 is 0 Å². The molecule has 6 nitrogen and oxygen atoms in total. The zero-order valence-electron chi connectivity index (χ0n) is 14.7. The summed E-state index contributed by atoms with van der Waals surface area (Å²) in [7, 11) is 0. The minimum absolute atomic E-state index is 0.0965. The lowest BCUT2D eigenvalue weighted by Crippen LogP contribution is -2.18. The van der Waals surface area contributed by atoms with E-state index in [2.05, 4.69) is 20.3 Å². The summed E-state index contributed by atoms with van der Waals surface area (Å²) in [5, 5.41) is 5.38. The molecule has 0 aliphatic heterocycles. The summed E-state index contributed by atoms with van der Waals surface area (Å²) in [5.74, 6) is -0.465. The minimum Gasteiger partial charge on any atom is -0.301 e. The molecule has 0 fully saturated rings. The van der Waals surface area contributed by atoms with E-state index in [-0.39, 0.29) is 23.0 Å². The number of halogens is 1. The summed E-state index contributed by atoms with van der Waals surface area (Å²) >= 11 is 2.45. The number of amides is 1. The fraction of sp³-hybridized carbons (Fsp3) is 0.222. The third-order valence-electron chi connectivity index (χ3n) is 3.78. The third-order valence-corrected chi connectivity index (χ3v) is 5.42. The molecule has 2 N–H and O–H groups in total. The molecule has 0 aliphatic carbocycles. The van der Waals surface area contributed by atoms with Crippen molar-refractivity contribution < 1.29 is 9.18 Å². The number of carbonyl (C=O) groups excluding carboxylic acids is 1. The second-order valence-corrected chi connectivity index (χ2v) is 7.49. The molecule has 3 aromatic rings. The number of aromatic nitrogens is 3. The maximum Gasteiger partial charge on any atom is 0.254 e. The number of benzene rings is 1. The molecule has 0 saturated heterocycles. The van der Waals surface area contributed by atoms with E-state index in [4.69, 9.17) is 0 Å². The van der Waals surface area contributed by atoms with Gasteiger partial charge in [-0.3, -0.25) is 9.59 Å². The lowest BCUT2D eigenvalue weighted by Gasteiger charge is -2.05. The lowest BCUT2D eigenvalue weighted by molar-refractivity contribution is -0.113. The normalized spacial score (nSPS) is 10.8. The maximum absolute atomic E-state index is 13.0. The molecule has 9 heteroatoms. The number of H-pyrrole nitrogens is 1. The van der Waals surface area contributed by atoms with Crippen LogP contribution in [0.4, 0.5) is 9.52 Å². The van der Waals surface area contributed by atoms with E-state index in [0.29, 0.717) is 33.7 Å². The Morgan fingerprint density at radius 3 is 2.70 bits per heavy atom. The summed E-state index contributed by atoms with van der Waals surface area (Å²) < 4.78 is 13.0. The van der Waals surface area contributed by atoms with Crippen molar-refractivity contribution in [3.05, 3.63) is 57.1 Å². The van der Waals surface area contributed by atoms with Crippen molar-refractivity contribution in [2.75, 3.05) is 11.1 Å². The van der Waals surface area contributed by atoms with Gasteiger partial charge in [-0.1, -0.05) is 18.7 Å². The number of thioether (sulfide) groups is 1. The quantitative estimate of drug-likeness (QED) is 0.484. The maximum atomic E-state index is 13.0. The van der Waals surface area contributed by atoms with Gasteiger partial charge in [-0.05, 0) is 37.6 Å². The summed E-state index contributed by atoms with van der Waals surface area (Å²) in [4.78, 5) is 35.4. The average molecular weight is 404 g/mol. The highest BCUT2D eigenvalue weighted by Gasteiger charge is 2.11. The minimum atomic E-state index is -0.312. The van der Waals surface area contributed by atoms with E-state index in [9.17, 15) is 14.0 Å². The fourth-order valence-corrected chi connectivity index (χ4v) is 3.89. The van der Waals surface area contributed by atoms with Gasteiger partial charge in [-0.25, -0.2) is 14.4 Å². The first-order valence-corrected chi connectivity index (χ1v) is 10.1. The number of hydrogen-bond donors (Lipinski definition) is 2. The second kappa shape index (κ2) is 8.45. The van der Waals surface area contributed by atoms with Crippen LogP contribution in [0.15, 0.2) is 39.6 Å². The standard InChI is InChI=1S/C18H17FN4O2S2/c1-3-13-10(2)20-17(23-16(13)25)27-9-15(24)22-18-21-14(8-26-18)11-4-6-12(19)7-5-11/h4-8H,3,9H2,1-2H3,(H,20,23,25)(H,21,22,24). The molecule has 0 bridgehead atoms. The van der Waals surface area contributed by atoms with Crippen molar-refractivity contribution >= 4 is 34.1 Å². The zero-order chi connectivity index (χ0) is 19.4. The molecule has 0 unspecified atom stereocenters. The zero-order valence-corrected chi connectivity index (χ0v) is 16.3. The Balaban J connectivity index is 1.60. The van der Waals surface area contributed by atoms with E-state index in [1.807, 2.05) is 6.92 Å². The topological polar surface area (TPSA) is 87.7 Å². The monoisotopic (exact) mass is 404 g/mol. The number of aryl methyl sites for hydroxylation is 1. The molecule has 27 heavy (non-hydrogen) atoms.